The van der Waals surface area contributed by atoms with Crippen LogP contribution in [0.5, 0.6) is 0 Å². The zero-order valence-corrected chi connectivity index (χ0v) is 13.9. The van der Waals surface area contributed by atoms with Gasteiger partial charge in [0.1, 0.15) is 11.9 Å². The van der Waals surface area contributed by atoms with Crippen LogP contribution < -0.4 is 5.32 Å². The number of carbonyl (C=O) groups is 3. The standard InChI is InChI=1S/C19H17FN2O3/c1-11-7-8-13(9-16(11)20)10-21-17(23)12(2)22-18(24)14-5-3-4-6-15(14)19(22)25/h3-9,12H,10H2,1-2H3,(H,21,23). The minimum atomic E-state index is -0.956. The molecule has 1 aliphatic heterocycles. The zero-order valence-electron chi connectivity index (χ0n) is 13.9. The summed E-state index contributed by atoms with van der Waals surface area (Å²) in [5.41, 5.74) is 1.72. The molecule has 2 aromatic carbocycles. The van der Waals surface area contributed by atoms with Gasteiger partial charge in [-0.15, -0.1) is 0 Å². The van der Waals surface area contributed by atoms with Crippen LogP contribution in [0.4, 0.5) is 4.39 Å². The molecule has 25 heavy (non-hydrogen) atoms. The lowest BCUT2D eigenvalue weighted by atomic mass is 10.1. The molecule has 3 amide bonds. The summed E-state index contributed by atoms with van der Waals surface area (Å²) in [6.45, 7) is 3.26. The zero-order chi connectivity index (χ0) is 18.1. The van der Waals surface area contributed by atoms with Gasteiger partial charge < -0.3 is 5.32 Å². The molecule has 0 saturated carbocycles. The average molecular weight is 340 g/mol. The maximum atomic E-state index is 13.6. The summed E-state index contributed by atoms with van der Waals surface area (Å²) in [6.07, 6.45) is 0. The van der Waals surface area contributed by atoms with Crippen molar-refractivity contribution in [2.75, 3.05) is 0 Å². The number of hydrogen-bond donors (Lipinski definition) is 1. The van der Waals surface area contributed by atoms with Crippen molar-refractivity contribution >= 4 is 17.7 Å². The van der Waals surface area contributed by atoms with Gasteiger partial charge in [0.2, 0.25) is 5.91 Å². The largest absolute Gasteiger partial charge is 0.350 e. The van der Waals surface area contributed by atoms with E-state index in [9.17, 15) is 18.8 Å². The van der Waals surface area contributed by atoms with Crippen molar-refractivity contribution in [1.29, 1.82) is 0 Å². The molecule has 6 heteroatoms. The molecule has 2 aromatic rings. The molecule has 0 aliphatic carbocycles. The number of nitrogens with zero attached hydrogens (tertiary/aromatic N) is 1. The fraction of sp³-hybridized carbons (Fsp3) is 0.211. The van der Waals surface area contributed by atoms with Crippen molar-refractivity contribution in [2.24, 2.45) is 0 Å². The summed E-state index contributed by atoms with van der Waals surface area (Å²) < 4.78 is 13.6. The number of amides is 3. The van der Waals surface area contributed by atoms with Gasteiger partial charge in [-0.05, 0) is 43.2 Å². The second-order valence-electron chi connectivity index (χ2n) is 6.00. The Morgan fingerprint density at radius 1 is 1.12 bits per heavy atom. The summed E-state index contributed by atoms with van der Waals surface area (Å²) in [5, 5.41) is 2.64. The van der Waals surface area contributed by atoms with Gasteiger partial charge in [-0.25, -0.2) is 4.39 Å². The lowest BCUT2D eigenvalue weighted by Crippen LogP contribution is -2.47. The number of hydrogen-bond acceptors (Lipinski definition) is 3. The number of imide groups is 1. The average Bonchev–Trinajstić information content (AvgIpc) is 2.86. The smallest absolute Gasteiger partial charge is 0.262 e. The van der Waals surface area contributed by atoms with E-state index in [0.29, 0.717) is 22.3 Å². The number of fused-ring (bicyclic) bond motifs is 1. The van der Waals surface area contributed by atoms with Crippen LogP contribution in [0.1, 0.15) is 38.8 Å². The van der Waals surface area contributed by atoms with Gasteiger partial charge in [0, 0.05) is 6.54 Å². The van der Waals surface area contributed by atoms with Crippen molar-refractivity contribution in [3.8, 4) is 0 Å². The molecule has 1 unspecified atom stereocenters. The highest BCUT2D eigenvalue weighted by atomic mass is 19.1. The number of halogens is 1. The van der Waals surface area contributed by atoms with Crippen molar-refractivity contribution < 1.29 is 18.8 Å². The first-order valence-corrected chi connectivity index (χ1v) is 7.90. The summed E-state index contributed by atoms with van der Waals surface area (Å²) >= 11 is 0. The molecule has 1 aliphatic rings. The van der Waals surface area contributed by atoms with E-state index in [-0.39, 0.29) is 12.4 Å². The Labute approximate surface area is 144 Å². The quantitative estimate of drug-likeness (QED) is 0.870. The molecular weight excluding hydrogens is 323 g/mol. The van der Waals surface area contributed by atoms with Crippen molar-refractivity contribution in [1.82, 2.24) is 10.2 Å². The molecule has 0 saturated heterocycles. The Balaban J connectivity index is 1.70. The number of rotatable bonds is 4. The SMILES string of the molecule is Cc1ccc(CNC(=O)C(C)N2C(=O)c3ccccc3C2=O)cc1F. The van der Waals surface area contributed by atoms with Crippen molar-refractivity contribution in [3.05, 3.63) is 70.5 Å². The second kappa shape index (κ2) is 6.47. The molecule has 3 rings (SSSR count). The Hall–Kier alpha value is -3.02. The lowest BCUT2D eigenvalue weighted by Gasteiger charge is -2.21. The second-order valence-corrected chi connectivity index (χ2v) is 6.00. The molecule has 0 fully saturated rings. The normalized spacial score (nSPS) is 14.4. The number of aryl methyl sites for hydroxylation is 1. The fourth-order valence-corrected chi connectivity index (χ4v) is 2.76. The van der Waals surface area contributed by atoms with E-state index in [2.05, 4.69) is 5.32 Å². The van der Waals surface area contributed by atoms with E-state index in [1.165, 1.54) is 13.0 Å². The number of carbonyl (C=O) groups excluding carboxylic acids is 3. The van der Waals surface area contributed by atoms with Gasteiger partial charge in [-0.2, -0.15) is 0 Å². The molecule has 1 atom stereocenters. The van der Waals surface area contributed by atoms with Gasteiger partial charge in [-0.1, -0.05) is 24.3 Å². The van der Waals surface area contributed by atoms with E-state index in [0.717, 1.165) is 4.90 Å². The molecule has 0 radical (unpaired) electrons. The Kier molecular flexibility index (Phi) is 4.35. The molecule has 0 aromatic heterocycles. The molecule has 1 heterocycles. The first kappa shape index (κ1) is 16.8. The van der Waals surface area contributed by atoms with Gasteiger partial charge in [0.15, 0.2) is 0 Å². The molecule has 128 valence electrons. The van der Waals surface area contributed by atoms with Crippen LogP contribution in [0.15, 0.2) is 42.5 Å². The minimum Gasteiger partial charge on any atom is -0.350 e. The third kappa shape index (κ3) is 3.03. The predicted molar refractivity (Wildman–Crippen MR) is 89.4 cm³/mol. The summed E-state index contributed by atoms with van der Waals surface area (Å²) in [6, 6.07) is 10.2. The third-order valence-corrected chi connectivity index (χ3v) is 4.30. The van der Waals surface area contributed by atoms with Gasteiger partial charge in [0.25, 0.3) is 11.8 Å². The summed E-state index contributed by atoms with van der Waals surface area (Å²) in [5.74, 6) is -1.79. The first-order valence-electron chi connectivity index (χ1n) is 7.90. The van der Waals surface area contributed by atoms with E-state index >= 15 is 0 Å². The highest BCUT2D eigenvalue weighted by molar-refractivity contribution is 6.22. The molecular formula is C19H17FN2O3. The van der Waals surface area contributed by atoms with Crippen LogP contribution in [0, 0.1) is 12.7 Å². The predicted octanol–water partition coefficient (Wildman–Crippen LogP) is 2.44. The van der Waals surface area contributed by atoms with Crippen LogP contribution in [0.2, 0.25) is 0 Å². The van der Waals surface area contributed by atoms with Gasteiger partial charge in [-0.3, -0.25) is 19.3 Å². The molecule has 5 nitrogen and oxygen atoms in total. The van der Waals surface area contributed by atoms with Crippen molar-refractivity contribution in [2.45, 2.75) is 26.4 Å². The molecule has 0 bridgehead atoms. The van der Waals surface area contributed by atoms with Gasteiger partial charge >= 0.3 is 0 Å². The Morgan fingerprint density at radius 2 is 1.72 bits per heavy atom. The highest BCUT2D eigenvalue weighted by Gasteiger charge is 2.40. The Bertz CT molecular complexity index is 844. The fourth-order valence-electron chi connectivity index (χ4n) is 2.76. The van der Waals surface area contributed by atoms with E-state index < -0.39 is 23.8 Å². The molecule has 1 N–H and O–H groups in total. The molecule has 0 spiro atoms. The maximum Gasteiger partial charge on any atom is 0.262 e. The van der Waals surface area contributed by atoms with Crippen LogP contribution in [-0.2, 0) is 11.3 Å². The number of nitrogens with one attached hydrogen (secondary N) is 1. The van der Waals surface area contributed by atoms with Crippen LogP contribution in [0.25, 0.3) is 0 Å². The van der Waals surface area contributed by atoms with Crippen molar-refractivity contribution in [3.63, 3.8) is 0 Å². The lowest BCUT2D eigenvalue weighted by molar-refractivity contribution is -0.124. The monoisotopic (exact) mass is 340 g/mol. The number of benzene rings is 2. The topological polar surface area (TPSA) is 66.5 Å². The third-order valence-electron chi connectivity index (χ3n) is 4.30. The van der Waals surface area contributed by atoms with Crippen LogP contribution in [-0.4, -0.2) is 28.7 Å². The van der Waals surface area contributed by atoms with E-state index in [1.807, 2.05) is 0 Å². The van der Waals surface area contributed by atoms with Crippen LogP contribution in [0.3, 0.4) is 0 Å². The van der Waals surface area contributed by atoms with Crippen LogP contribution >= 0.6 is 0 Å². The summed E-state index contributed by atoms with van der Waals surface area (Å²) in [7, 11) is 0. The minimum absolute atomic E-state index is 0.115. The maximum absolute atomic E-state index is 13.6. The Morgan fingerprint density at radius 3 is 2.28 bits per heavy atom. The van der Waals surface area contributed by atoms with Gasteiger partial charge in [0.05, 0.1) is 11.1 Å². The highest BCUT2D eigenvalue weighted by Crippen LogP contribution is 2.24. The van der Waals surface area contributed by atoms with E-state index in [4.69, 9.17) is 0 Å². The first-order chi connectivity index (χ1) is 11.9. The van der Waals surface area contributed by atoms with E-state index in [1.54, 1.807) is 43.3 Å². The summed E-state index contributed by atoms with van der Waals surface area (Å²) in [4.78, 5) is 38.1.